The molecule has 1 saturated heterocycles. The fraction of sp³-hybridized carbons (Fsp3) is 0.450. The van der Waals surface area contributed by atoms with E-state index in [0.29, 0.717) is 25.5 Å². The van der Waals surface area contributed by atoms with Gasteiger partial charge in [0.2, 0.25) is 5.88 Å². The number of piperidine rings is 1. The number of carbonyl (C=O) groups excluding carboxylic acids is 1. The van der Waals surface area contributed by atoms with Gasteiger partial charge in [-0.3, -0.25) is 4.79 Å². The highest BCUT2D eigenvalue weighted by atomic mass is 16.5. The molecule has 0 spiro atoms. The van der Waals surface area contributed by atoms with E-state index in [0.717, 1.165) is 25.1 Å². The summed E-state index contributed by atoms with van der Waals surface area (Å²) in [6.45, 7) is 3.70. The number of nitrogens with zero attached hydrogens (tertiary/aromatic N) is 3. The molecule has 4 rings (SSSR count). The van der Waals surface area contributed by atoms with Gasteiger partial charge in [0, 0.05) is 19.0 Å². The molecule has 3 heterocycles. The largest absolute Gasteiger partial charge is 0.471 e. The number of amides is 1. The molecule has 1 aromatic heterocycles. The molecule has 6 nitrogen and oxygen atoms in total. The van der Waals surface area contributed by atoms with E-state index in [1.54, 1.807) is 0 Å². The standard InChI is InChI=1S/C20H23N3O3/c1-14-8-9-19(22-21-14)26-17-7-4-10-23(12-17)20(24)18-11-15-5-2-3-6-16(15)13-25-18/h2-3,5-6,8-9,17-18H,4,7,10-13H2,1H3. The van der Waals surface area contributed by atoms with E-state index in [9.17, 15) is 4.79 Å². The van der Waals surface area contributed by atoms with Crippen molar-refractivity contribution >= 4 is 5.91 Å². The maximum atomic E-state index is 12.9. The summed E-state index contributed by atoms with van der Waals surface area (Å²) < 4.78 is 11.8. The Kier molecular flexibility index (Phi) is 4.84. The van der Waals surface area contributed by atoms with E-state index in [1.165, 1.54) is 11.1 Å². The Morgan fingerprint density at radius 1 is 1.19 bits per heavy atom. The molecule has 0 saturated carbocycles. The Balaban J connectivity index is 1.38. The van der Waals surface area contributed by atoms with Crippen molar-refractivity contribution in [3.05, 3.63) is 53.2 Å². The molecule has 0 aliphatic carbocycles. The summed E-state index contributed by atoms with van der Waals surface area (Å²) in [5.41, 5.74) is 3.23. The predicted octanol–water partition coefficient (Wildman–Crippen LogP) is 2.30. The number of ether oxygens (including phenoxy) is 2. The Bertz CT molecular complexity index is 778. The monoisotopic (exact) mass is 353 g/mol. The van der Waals surface area contributed by atoms with Gasteiger partial charge in [-0.1, -0.05) is 24.3 Å². The van der Waals surface area contributed by atoms with Crippen LogP contribution in [0.2, 0.25) is 0 Å². The zero-order valence-corrected chi connectivity index (χ0v) is 14.9. The number of aromatic nitrogens is 2. The van der Waals surface area contributed by atoms with Crippen LogP contribution in [0, 0.1) is 6.92 Å². The van der Waals surface area contributed by atoms with Gasteiger partial charge in [-0.25, -0.2) is 0 Å². The minimum Gasteiger partial charge on any atom is -0.471 e. The van der Waals surface area contributed by atoms with Gasteiger partial charge in [0.15, 0.2) is 0 Å². The molecule has 2 aliphatic rings. The van der Waals surface area contributed by atoms with Crippen molar-refractivity contribution in [3.8, 4) is 5.88 Å². The third-order valence-corrected chi connectivity index (χ3v) is 4.99. The van der Waals surface area contributed by atoms with Crippen molar-refractivity contribution in [3.63, 3.8) is 0 Å². The fourth-order valence-corrected chi connectivity index (χ4v) is 3.56. The van der Waals surface area contributed by atoms with Crippen molar-refractivity contribution in [1.82, 2.24) is 15.1 Å². The molecule has 2 aliphatic heterocycles. The summed E-state index contributed by atoms with van der Waals surface area (Å²) >= 11 is 0. The topological polar surface area (TPSA) is 64.5 Å². The van der Waals surface area contributed by atoms with Crippen LogP contribution in [0.1, 0.15) is 29.7 Å². The van der Waals surface area contributed by atoms with Crippen LogP contribution in [0.5, 0.6) is 5.88 Å². The third kappa shape index (κ3) is 3.70. The van der Waals surface area contributed by atoms with Gasteiger partial charge in [0.1, 0.15) is 12.2 Å². The van der Waals surface area contributed by atoms with Gasteiger partial charge >= 0.3 is 0 Å². The number of benzene rings is 1. The van der Waals surface area contributed by atoms with Crippen molar-refractivity contribution in [1.29, 1.82) is 0 Å². The van der Waals surface area contributed by atoms with Gasteiger partial charge in [-0.2, -0.15) is 5.10 Å². The zero-order valence-electron chi connectivity index (χ0n) is 14.9. The van der Waals surface area contributed by atoms with Crippen LogP contribution in [0.4, 0.5) is 0 Å². The maximum Gasteiger partial charge on any atom is 0.252 e. The quantitative estimate of drug-likeness (QED) is 0.847. The Hall–Kier alpha value is -2.47. The average molecular weight is 353 g/mol. The molecule has 1 fully saturated rings. The summed E-state index contributed by atoms with van der Waals surface area (Å²) in [6, 6.07) is 11.9. The highest BCUT2D eigenvalue weighted by molar-refractivity contribution is 5.81. The molecular formula is C20H23N3O3. The molecule has 2 atom stereocenters. The number of likely N-dealkylation sites (tertiary alicyclic amines) is 1. The third-order valence-electron chi connectivity index (χ3n) is 4.99. The number of rotatable bonds is 3. The fourth-order valence-electron chi connectivity index (χ4n) is 3.56. The first-order valence-corrected chi connectivity index (χ1v) is 9.13. The lowest BCUT2D eigenvalue weighted by Gasteiger charge is -2.35. The summed E-state index contributed by atoms with van der Waals surface area (Å²) in [6.07, 6.45) is 2.01. The van der Waals surface area contributed by atoms with Gasteiger partial charge in [0.05, 0.1) is 18.8 Å². The van der Waals surface area contributed by atoms with Gasteiger partial charge in [-0.05, 0) is 37.0 Å². The summed E-state index contributed by atoms with van der Waals surface area (Å²) in [7, 11) is 0. The van der Waals surface area contributed by atoms with Crippen LogP contribution < -0.4 is 4.74 Å². The first-order chi connectivity index (χ1) is 12.7. The van der Waals surface area contributed by atoms with Crippen molar-refractivity contribution < 1.29 is 14.3 Å². The minimum absolute atomic E-state index is 0.0550. The second-order valence-corrected chi connectivity index (χ2v) is 6.95. The lowest BCUT2D eigenvalue weighted by Crippen LogP contribution is -2.49. The second kappa shape index (κ2) is 7.41. The Morgan fingerprint density at radius 3 is 2.85 bits per heavy atom. The van der Waals surface area contributed by atoms with E-state index in [-0.39, 0.29) is 12.0 Å². The van der Waals surface area contributed by atoms with Gasteiger partial charge < -0.3 is 14.4 Å². The van der Waals surface area contributed by atoms with Crippen LogP contribution in [0.3, 0.4) is 0 Å². The van der Waals surface area contributed by atoms with Gasteiger partial charge in [0.25, 0.3) is 5.91 Å². The summed E-state index contributed by atoms with van der Waals surface area (Å²) in [5.74, 6) is 0.570. The SMILES string of the molecule is Cc1ccc(OC2CCCN(C(=O)C3Cc4ccccc4CO3)C2)nn1. The highest BCUT2D eigenvalue weighted by Crippen LogP contribution is 2.23. The van der Waals surface area contributed by atoms with Crippen LogP contribution >= 0.6 is 0 Å². The zero-order chi connectivity index (χ0) is 17.9. The predicted molar refractivity (Wildman–Crippen MR) is 95.7 cm³/mol. The molecule has 0 radical (unpaired) electrons. The molecule has 2 unspecified atom stereocenters. The van der Waals surface area contributed by atoms with E-state index in [4.69, 9.17) is 9.47 Å². The number of hydrogen-bond donors (Lipinski definition) is 0. The van der Waals surface area contributed by atoms with E-state index in [2.05, 4.69) is 22.3 Å². The van der Waals surface area contributed by atoms with Crippen LogP contribution in [-0.4, -0.2) is 46.3 Å². The molecule has 1 aromatic carbocycles. The number of hydrogen-bond acceptors (Lipinski definition) is 5. The Labute approximate surface area is 153 Å². The van der Waals surface area contributed by atoms with Crippen LogP contribution in [-0.2, 0) is 22.6 Å². The van der Waals surface area contributed by atoms with Crippen molar-refractivity contribution in [2.24, 2.45) is 0 Å². The second-order valence-electron chi connectivity index (χ2n) is 6.95. The number of aryl methyl sites for hydroxylation is 1. The maximum absolute atomic E-state index is 12.9. The summed E-state index contributed by atoms with van der Waals surface area (Å²) in [5, 5.41) is 8.07. The molecule has 0 N–H and O–H groups in total. The minimum atomic E-state index is -0.400. The van der Waals surface area contributed by atoms with Crippen LogP contribution in [0.15, 0.2) is 36.4 Å². The molecule has 26 heavy (non-hydrogen) atoms. The van der Waals surface area contributed by atoms with E-state index in [1.807, 2.05) is 36.1 Å². The van der Waals surface area contributed by atoms with Gasteiger partial charge in [-0.15, -0.1) is 5.10 Å². The lowest BCUT2D eigenvalue weighted by molar-refractivity contribution is -0.148. The average Bonchev–Trinajstić information content (AvgIpc) is 2.69. The molecule has 1 amide bonds. The normalized spacial score (nSPS) is 22.6. The highest BCUT2D eigenvalue weighted by Gasteiger charge is 2.32. The first-order valence-electron chi connectivity index (χ1n) is 9.13. The summed E-state index contributed by atoms with van der Waals surface area (Å²) in [4.78, 5) is 14.8. The molecule has 136 valence electrons. The van der Waals surface area contributed by atoms with E-state index < -0.39 is 6.10 Å². The van der Waals surface area contributed by atoms with E-state index >= 15 is 0 Å². The molecule has 0 bridgehead atoms. The molecule has 6 heteroatoms. The molecule has 2 aromatic rings. The number of carbonyl (C=O) groups is 1. The molecular weight excluding hydrogens is 330 g/mol. The Morgan fingerprint density at radius 2 is 2.04 bits per heavy atom. The van der Waals surface area contributed by atoms with Crippen LogP contribution in [0.25, 0.3) is 0 Å². The number of fused-ring (bicyclic) bond motifs is 1. The first kappa shape index (κ1) is 17.0. The van der Waals surface area contributed by atoms with Crippen molar-refractivity contribution in [2.45, 2.75) is 45.0 Å². The van der Waals surface area contributed by atoms with Crippen molar-refractivity contribution in [2.75, 3.05) is 13.1 Å². The smallest absolute Gasteiger partial charge is 0.252 e. The lowest BCUT2D eigenvalue weighted by atomic mass is 9.98.